The molecule has 0 spiro atoms. The Kier molecular flexibility index (Phi) is 4.52. The summed E-state index contributed by atoms with van der Waals surface area (Å²) in [7, 11) is 3.94. The highest BCUT2D eigenvalue weighted by molar-refractivity contribution is 6.34. The molecule has 0 aliphatic heterocycles. The monoisotopic (exact) mass is 292 g/mol. The number of rotatable bonds is 5. The van der Waals surface area contributed by atoms with Crippen molar-refractivity contribution >= 4 is 17.4 Å². The number of likely N-dealkylation sites (N-methyl/N-ethyl adjacent to an activating group) is 1. The summed E-state index contributed by atoms with van der Waals surface area (Å²) in [6.07, 6.45) is 3.17. The van der Waals surface area contributed by atoms with Crippen LogP contribution in [0.5, 0.6) is 0 Å². The fraction of sp³-hybridized carbons (Fsp3) is 0.357. The van der Waals surface area contributed by atoms with Gasteiger partial charge in [-0.2, -0.15) is 5.10 Å². The van der Waals surface area contributed by atoms with Crippen molar-refractivity contribution in [1.29, 1.82) is 0 Å². The SMILES string of the molecule is Cc1ncccc1C(=O)c1c(Cl)cnn1CCN(C)C. The first-order valence-corrected chi connectivity index (χ1v) is 6.71. The summed E-state index contributed by atoms with van der Waals surface area (Å²) in [5, 5.41) is 4.55. The minimum Gasteiger partial charge on any atom is -0.308 e. The summed E-state index contributed by atoms with van der Waals surface area (Å²) in [6.45, 7) is 3.20. The molecule has 0 N–H and O–H groups in total. The molecule has 106 valence electrons. The van der Waals surface area contributed by atoms with Crippen molar-refractivity contribution in [3.63, 3.8) is 0 Å². The number of aromatic nitrogens is 3. The molecule has 0 aliphatic carbocycles. The molecule has 0 aliphatic rings. The van der Waals surface area contributed by atoms with Crippen LogP contribution in [0.15, 0.2) is 24.5 Å². The zero-order valence-corrected chi connectivity index (χ0v) is 12.6. The van der Waals surface area contributed by atoms with Gasteiger partial charge in [-0.25, -0.2) is 0 Å². The summed E-state index contributed by atoms with van der Waals surface area (Å²) < 4.78 is 1.65. The molecule has 0 atom stereocenters. The molecule has 2 rings (SSSR count). The van der Waals surface area contributed by atoms with Crippen molar-refractivity contribution in [3.8, 4) is 0 Å². The van der Waals surface area contributed by atoms with Crippen LogP contribution in [-0.2, 0) is 6.54 Å². The molecule has 0 bridgehead atoms. The van der Waals surface area contributed by atoms with Gasteiger partial charge < -0.3 is 4.90 Å². The zero-order valence-electron chi connectivity index (χ0n) is 11.8. The third-order valence-corrected chi connectivity index (χ3v) is 3.30. The van der Waals surface area contributed by atoms with Crippen LogP contribution in [0.2, 0.25) is 5.02 Å². The maximum atomic E-state index is 12.6. The van der Waals surface area contributed by atoms with E-state index in [4.69, 9.17) is 11.6 Å². The summed E-state index contributed by atoms with van der Waals surface area (Å²) >= 11 is 6.12. The van der Waals surface area contributed by atoms with E-state index in [0.717, 1.165) is 6.54 Å². The van der Waals surface area contributed by atoms with E-state index in [0.29, 0.717) is 28.5 Å². The molecule has 0 saturated heterocycles. The number of carbonyl (C=O) groups excluding carboxylic acids is 1. The van der Waals surface area contributed by atoms with E-state index in [9.17, 15) is 4.79 Å². The van der Waals surface area contributed by atoms with E-state index in [2.05, 4.69) is 10.1 Å². The van der Waals surface area contributed by atoms with E-state index < -0.39 is 0 Å². The maximum Gasteiger partial charge on any atom is 0.214 e. The molecule has 20 heavy (non-hydrogen) atoms. The number of hydrogen-bond donors (Lipinski definition) is 0. The van der Waals surface area contributed by atoms with Gasteiger partial charge in [0.05, 0.1) is 17.8 Å². The Morgan fingerprint density at radius 2 is 2.20 bits per heavy atom. The van der Waals surface area contributed by atoms with Gasteiger partial charge in [0.1, 0.15) is 5.69 Å². The Morgan fingerprint density at radius 1 is 1.45 bits per heavy atom. The Hall–Kier alpha value is -1.72. The molecule has 0 aromatic carbocycles. The second-order valence-electron chi connectivity index (χ2n) is 4.83. The molecular formula is C14H17ClN4O. The Balaban J connectivity index is 2.35. The van der Waals surface area contributed by atoms with Gasteiger partial charge in [-0.15, -0.1) is 0 Å². The Bertz CT molecular complexity index is 621. The van der Waals surface area contributed by atoms with Gasteiger partial charge in [-0.05, 0) is 33.2 Å². The number of carbonyl (C=O) groups is 1. The summed E-state index contributed by atoms with van der Waals surface area (Å²) in [5.74, 6) is -0.142. The molecule has 2 heterocycles. The normalized spacial score (nSPS) is 11.1. The van der Waals surface area contributed by atoms with Crippen LogP contribution in [0.1, 0.15) is 21.7 Å². The average Bonchev–Trinajstić information content (AvgIpc) is 2.77. The van der Waals surface area contributed by atoms with Crippen molar-refractivity contribution < 1.29 is 4.79 Å². The molecular weight excluding hydrogens is 276 g/mol. The Morgan fingerprint density at radius 3 is 2.85 bits per heavy atom. The lowest BCUT2D eigenvalue weighted by molar-refractivity contribution is 0.102. The van der Waals surface area contributed by atoms with E-state index >= 15 is 0 Å². The van der Waals surface area contributed by atoms with E-state index in [1.165, 1.54) is 6.20 Å². The lowest BCUT2D eigenvalue weighted by Crippen LogP contribution is -2.22. The predicted molar refractivity (Wildman–Crippen MR) is 78.2 cm³/mol. The molecule has 2 aromatic rings. The molecule has 5 nitrogen and oxygen atoms in total. The third kappa shape index (κ3) is 3.05. The molecule has 0 unspecified atom stereocenters. The van der Waals surface area contributed by atoms with Crippen LogP contribution >= 0.6 is 11.6 Å². The standard InChI is InChI=1S/C14H17ClN4O/c1-10-11(5-4-6-16-10)14(20)13-12(15)9-17-19(13)8-7-18(2)3/h4-6,9H,7-8H2,1-3H3. The molecule has 6 heteroatoms. The second-order valence-corrected chi connectivity index (χ2v) is 5.24. The number of nitrogens with zero attached hydrogens (tertiary/aromatic N) is 4. The topological polar surface area (TPSA) is 51.0 Å². The van der Waals surface area contributed by atoms with Crippen molar-refractivity contribution in [2.24, 2.45) is 0 Å². The lowest BCUT2D eigenvalue weighted by Gasteiger charge is -2.12. The first-order chi connectivity index (χ1) is 9.50. The minimum absolute atomic E-state index is 0.142. The highest BCUT2D eigenvalue weighted by Crippen LogP contribution is 2.20. The number of halogens is 1. The predicted octanol–water partition coefficient (Wildman–Crippen LogP) is 2.03. The molecule has 2 aromatic heterocycles. The number of aryl methyl sites for hydroxylation is 1. The fourth-order valence-electron chi connectivity index (χ4n) is 1.90. The van der Waals surface area contributed by atoms with Gasteiger partial charge in [0.15, 0.2) is 0 Å². The van der Waals surface area contributed by atoms with Gasteiger partial charge in [0, 0.05) is 24.0 Å². The average molecular weight is 293 g/mol. The molecule has 0 radical (unpaired) electrons. The highest BCUT2D eigenvalue weighted by atomic mass is 35.5. The van der Waals surface area contributed by atoms with E-state index in [1.807, 2.05) is 25.9 Å². The fourth-order valence-corrected chi connectivity index (χ4v) is 2.13. The van der Waals surface area contributed by atoms with Crippen LogP contribution in [0.3, 0.4) is 0 Å². The molecule has 0 amide bonds. The number of hydrogen-bond acceptors (Lipinski definition) is 4. The zero-order chi connectivity index (χ0) is 14.7. The quantitative estimate of drug-likeness (QED) is 0.791. The largest absolute Gasteiger partial charge is 0.308 e. The smallest absolute Gasteiger partial charge is 0.214 e. The minimum atomic E-state index is -0.142. The maximum absolute atomic E-state index is 12.6. The third-order valence-electron chi connectivity index (χ3n) is 3.02. The van der Waals surface area contributed by atoms with Gasteiger partial charge in [-0.3, -0.25) is 14.5 Å². The summed E-state index contributed by atoms with van der Waals surface area (Å²) in [6, 6.07) is 3.50. The second kappa shape index (κ2) is 6.15. The van der Waals surface area contributed by atoms with Crippen LogP contribution in [-0.4, -0.2) is 46.1 Å². The van der Waals surface area contributed by atoms with Crippen LogP contribution in [0, 0.1) is 6.92 Å². The van der Waals surface area contributed by atoms with E-state index in [-0.39, 0.29) is 5.78 Å². The van der Waals surface area contributed by atoms with E-state index in [1.54, 1.807) is 23.0 Å². The first kappa shape index (κ1) is 14.7. The number of pyridine rings is 1. The molecule has 0 saturated carbocycles. The van der Waals surface area contributed by atoms with Gasteiger partial charge in [0.25, 0.3) is 0 Å². The van der Waals surface area contributed by atoms with Crippen LogP contribution in [0.4, 0.5) is 0 Å². The van der Waals surface area contributed by atoms with Gasteiger partial charge >= 0.3 is 0 Å². The van der Waals surface area contributed by atoms with Crippen molar-refractivity contribution in [3.05, 3.63) is 46.5 Å². The number of ketones is 1. The van der Waals surface area contributed by atoms with Crippen molar-refractivity contribution in [1.82, 2.24) is 19.7 Å². The molecule has 0 fully saturated rings. The first-order valence-electron chi connectivity index (χ1n) is 6.33. The highest BCUT2D eigenvalue weighted by Gasteiger charge is 2.20. The lowest BCUT2D eigenvalue weighted by atomic mass is 10.1. The van der Waals surface area contributed by atoms with Gasteiger partial charge in [0.2, 0.25) is 5.78 Å². The van der Waals surface area contributed by atoms with Crippen molar-refractivity contribution in [2.75, 3.05) is 20.6 Å². The van der Waals surface area contributed by atoms with Crippen LogP contribution in [0.25, 0.3) is 0 Å². The van der Waals surface area contributed by atoms with Gasteiger partial charge in [-0.1, -0.05) is 11.6 Å². The van der Waals surface area contributed by atoms with Crippen molar-refractivity contribution in [2.45, 2.75) is 13.5 Å². The summed E-state index contributed by atoms with van der Waals surface area (Å²) in [4.78, 5) is 18.8. The van der Waals surface area contributed by atoms with Crippen LogP contribution < -0.4 is 0 Å². The summed E-state index contributed by atoms with van der Waals surface area (Å²) in [5.41, 5.74) is 1.67. The Labute approximate surface area is 123 Å².